The topological polar surface area (TPSA) is 58.2 Å². The van der Waals surface area contributed by atoms with E-state index in [2.05, 4.69) is 10.6 Å². The van der Waals surface area contributed by atoms with Gasteiger partial charge in [0.2, 0.25) is 0 Å². The Morgan fingerprint density at radius 1 is 1.00 bits per heavy atom. The average Bonchev–Trinajstić information content (AvgIpc) is 2.50. The van der Waals surface area contributed by atoms with Gasteiger partial charge in [0.05, 0.1) is 5.69 Å². The van der Waals surface area contributed by atoms with Gasteiger partial charge in [-0.2, -0.15) is 0 Å². The van der Waals surface area contributed by atoms with Gasteiger partial charge in [-0.15, -0.1) is 0 Å². The number of anilines is 1. The van der Waals surface area contributed by atoms with Crippen LogP contribution in [0.4, 0.5) is 10.5 Å². The summed E-state index contributed by atoms with van der Waals surface area (Å²) in [4.78, 5) is 24.8. The Hall–Kier alpha value is -2.27. The Bertz CT molecular complexity index is 644. The molecule has 0 aliphatic heterocycles. The van der Waals surface area contributed by atoms with Crippen LogP contribution >= 0.6 is 11.8 Å². The first-order valence-electron chi connectivity index (χ1n) is 7.01. The van der Waals surface area contributed by atoms with Crippen LogP contribution in [0, 0.1) is 0 Å². The predicted octanol–water partition coefficient (Wildman–Crippen LogP) is 3.94. The van der Waals surface area contributed by atoms with Crippen LogP contribution in [-0.4, -0.2) is 18.4 Å². The molecule has 0 atom stereocenters. The maximum absolute atomic E-state index is 11.9. The number of benzene rings is 2. The van der Waals surface area contributed by atoms with Crippen molar-refractivity contribution in [3.05, 3.63) is 54.6 Å². The number of nitrogens with one attached hydrogen (secondary N) is 2. The molecule has 0 fully saturated rings. The van der Waals surface area contributed by atoms with E-state index < -0.39 is 0 Å². The monoisotopic (exact) mass is 314 g/mol. The summed E-state index contributed by atoms with van der Waals surface area (Å²) < 4.78 is 0. The first-order valence-corrected chi connectivity index (χ1v) is 7.83. The third kappa shape index (κ3) is 5.26. The first-order chi connectivity index (χ1) is 10.6. The van der Waals surface area contributed by atoms with Gasteiger partial charge in [-0.1, -0.05) is 42.1 Å². The lowest BCUT2D eigenvalue weighted by atomic mass is 10.3. The van der Waals surface area contributed by atoms with Crippen molar-refractivity contribution in [2.75, 3.05) is 11.9 Å². The third-order valence-electron chi connectivity index (χ3n) is 2.87. The molecule has 0 radical (unpaired) electrons. The SMILES string of the molecule is CC(=O)CCNC(=O)Nc1ccccc1Sc1ccccc1. The number of hydrogen-bond donors (Lipinski definition) is 2. The van der Waals surface area contributed by atoms with E-state index in [9.17, 15) is 9.59 Å². The van der Waals surface area contributed by atoms with Crippen molar-refractivity contribution in [2.24, 2.45) is 0 Å². The number of carbonyl (C=O) groups is 2. The van der Waals surface area contributed by atoms with Crippen molar-refractivity contribution in [2.45, 2.75) is 23.1 Å². The molecule has 0 spiro atoms. The molecule has 4 nitrogen and oxygen atoms in total. The lowest BCUT2D eigenvalue weighted by molar-refractivity contribution is -0.116. The van der Waals surface area contributed by atoms with E-state index in [4.69, 9.17) is 0 Å². The molecule has 0 aromatic heterocycles. The van der Waals surface area contributed by atoms with Crippen molar-refractivity contribution in [3.63, 3.8) is 0 Å². The summed E-state index contributed by atoms with van der Waals surface area (Å²) in [6.45, 7) is 1.85. The maximum atomic E-state index is 11.9. The fourth-order valence-corrected chi connectivity index (χ4v) is 2.72. The number of rotatable bonds is 6. The lowest BCUT2D eigenvalue weighted by Gasteiger charge is -2.11. The van der Waals surface area contributed by atoms with E-state index >= 15 is 0 Å². The molecule has 0 unspecified atom stereocenters. The summed E-state index contributed by atoms with van der Waals surface area (Å²) in [5.74, 6) is 0.0559. The molecule has 22 heavy (non-hydrogen) atoms. The summed E-state index contributed by atoms with van der Waals surface area (Å²) in [6, 6.07) is 17.3. The normalized spacial score (nSPS) is 10.0. The van der Waals surface area contributed by atoms with Crippen molar-refractivity contribution >= 4 is 29.3 Å². The van der Waals surface area contributed by atoms with Gasteiger partial charge in [0.15, 0.2) is 0 Å². The molecule has 2 aromatic rings. The van der Waals surface area contributed by atoms with Gasteiger partial charge in [-0.3, -0.25) is 4.79 Å². The summed E-state index contributed by atoms with van der Waals surface area (Å²) >= 11 is 1.59. The molecule has 0 heterocycles. The average molecular weight is 314 g/mol. The molecule has 2 amide bonds. The molecule has 0 aliphatic rings. The van der Waals surface area contributed by atoms with E-state index in [0.717, 1.165) is 15.5 Å². The van der Waals surface area contributed by atoms with Crippen molar-refractivity contribution in [3.8, 4) is 0 Å². The minimum absolute atomic E-state index is 0.0559. The van der Waals surface area contributed by atoms with Gasteiger partial charge in [0.1, 0.15) is 5.78 Å². The fourth-order valence-electron chi connectivity index (χ4n) is 1.79. The Morgan fingerprint density at radius 2 is 1.68 bits per heavy atom. The van der Waals surface area contributed by atoms with E-state index in [1.54, 1.807) is 11.8 Å². The highest BCUT2D eigenvalue weighted by atomic mass is 32.2. The second-order valence-corrected chi connectivity index (χ2v) is 5.86. The minimum Gasteiger partial charge on any atom is -0.337 e. The molecule has 0 saturated heterocycles. The van der Waals surface area contributed by atoms with Crippen molar-refractivity contribution < 1.29 is 9.59 Å². The molecule has 2 N–H and O–H groups in total. The van der Waals surface area contributed by atoms with Crippen LogP contribution in [0.15, 0.2) is 64.4 Å². The molecular formula is C17H18N2O2S. The van der Waals surface area contributed by atoms with Crippen LogP contribution in [0.3, 0.4) is 0 Å². The first kappa shape index (κ1) is 16.1. The number of para-hydroxylation sites is 1. The molecule has 2 aromatic carbocycles. The number of Topliss-reactive ketones (excluding diaryl/α,β-unsaturated/α-hetero) is 1. The standard InChI is InChI=1S/C17H18N2O2S/c1-13(20)11-12-18-17(21)19-15-9-5-6-10-16(15)22-14-7-3-2-4-8-14/h2-10H,11-12H2,1H3,(H2,18,19,21). The number of ketones is 1. The van der Waals surface area contributed by atoms with Gasteiger partial charge in [-0.25, -0.2) is 4.79 Å². The zero-order chi connectivity index (χ0) is 15.8. The van der Waals surface area contributed by atoms with Crippen LogP contribution in [0.1, 0.15) is 13.3 Å². The summed E-state index contributed by atoms with van der Waals surface area (Å²) in [7, 11) is 0. The molecule has 0 bridgehead atoms. The van der Waals surface area contributed by atoms with Gasteiger partial charge in [0, 0.05) is 22.8 Å². The van der Waals surface area contributed by atoms with E-state index in [0.29, 0.717) is 13.0 Å². The number of amides is 2. The van der Waals surface area contributed by atoms with E-state index in [1.165, 1.54) is 6.92 Å². The summed E-state index contributed by atoms with van der Waals surface area (Å²) in [6.07, 6.45) is 0.341. The summed E-state index contributed by atoms with van der Waals surface area (Å²) in [5, 5.41) is 5.50. The smallest absolute Gasteiger partial charge is 0.319 e. The van der Waals surface area contributed by atoms with Crippen LogP contribution < -0.4 is 10.6 Å². The van der Waals surface area contributed by atoms with Crippen LogP contribution in [-0.2, 0) is 4.79 Å². The van der Waals surface area contributed by atoms with Gasteiger partial charge in [-0.05, 0) is 31.2 Å². The summed E-state index contributed by atoms with van der Waals surface area (Å²) in [5.41, 5.74) is 0.747. The van der Waals surface area contributed by atoms with E-state index in [1.807, 2.05) is 54.6 Å². The quantitative estimate of drug-likeness (QED) is 0.849. The zero-order valence-corrected chi connectivity index (χ0v) is 13.2. The van der Waals surface area contributed by atoms with Crippen LogP contribution in [0.2, 0.25) is 0 Å². The maximum Gasteiger partial charge on any atom is 0.319 e. The Labute approximate surface area is 134 Å². The van der Waals surface area contributed by atoms with Crippen LogP contribution in [0.25, 0.3) is 0 Å². The molecule has 0 saturated carbocycles. The van der Waals surface area contributed by atoms with Crippen molar-refractivity contribution in [1.82, 2.24) is 5.32 Å². The van der Waals surface area contributed by atoms with Gasteiger partial charge >= 0.3 is 6.03 Å². The second-order valence-electron chi connectivity index (χ2n) is 4.74. The fraction of sp³-hybridized carbons (Fsp3) is 0.176. The Balaban J connectivity index is 1.99. The molecule has 5 heteroatoms. The zero-order valence-electron chi connectivity index (χ0n) is 12.3. The highest BCUT2D eigenvalue weighted by Gasteiger charge is 2.07. The highest BCUT2D eigenvalue weighted by molar-refractivity contribution is 7.99. The number of hydrogen-bond acceptors (Lipinski definition) is 3. The van der Waals surface area contributed by atoms with E-state index in [-0.39, 0.29) is 11.8 Å². The molecule has 2 rings (SSSR count). The number of urea groups is 1. The molecule has 114 valence electrons. The van der Waals surface area contributed by atoms with Crippen LogP contribution in [0.5, 0.6) is 0 Å². The Kier molecular flexibility index (Phi) is 6.03. The lowest BCUT2D eigenvalue weighted by Crippen LogP contribution is -2.30. The minimum atomic E-state index is -0.303. The molecular weight excluding hydrogens is 296 g/mol. The van der Waals surface area contributed by atoms with Crippen molar-refractivity contribution in [1.29, 1.82) is 0 Å². The Morgan fingerprint density at radius 3 is 2.41 bits per heavy atom. The molecule has 0 aliphatic carbocycles. The predicted molar refractivity (Wildman–Crippen MR) is 89.3 cm³/mol. The number of carbonyl (C=O) groups excluding carboxylic acids is 2. The van der Waals surface area contributed by atoms with Gasteiger partial charge < -0.3 is 10.6 Å². The largest absolute Gasteiger partial charge is 0.337 e. The second kappa shape index (κ2) is 8.24. The third-order valence-corrected chi connectivity index (χ3v) is 3.95. The van der Waals surface area contributed by atoms with Gasteiger partial charge in [0.25, 0.3) is 0 Å². The highest BCUT2D eigenvalue weighted by Crippen LogP contribution is 2.32.